The van der Waals surface area contributed by atoms with Crippen molar-refractivity contribution >= 4 is 0 Å². The van der Waals surface area contributed by atoms with Crippen LogP contribution in [-0.2, 0) is 4.74 Å². The second-order valence-corrected chi connectivity index (χ2v) is 4.94. The lowest BCUT2D eigenvalue weighted by molar-refractivity contribution is 0.388. The minimum absolute atomic E-state index is 0.0680. The Labute approximate surface area is 99.6 Å². The second kappa shape index (κ2) is 6.21. The molecule has 2 nitrogen and oxygen atoms in total. The Balaban J connectivity index is 2.43. The Morgan fingerprint density at radius 1 is 1.44 bits per heavy atom. The van der Waals surface area contributed by atoms with Crippen molar-refractivity contribution in [1.29, 1.82) is 0 Å². The van der Waals surface area contributed by atoms with Gasteiger partial charge in [-0.3, -0.25) is 0 Å². The molecule has 1 aliphatic rings. The molecule has 0 aromatic rings. The van der Waals surface area contributed by atoms with E-state index in [-0.39, 0.29) is 12.3 Å². The molecule has 0 spiro atoms. The van der Waals surface area contributed by atoms with Gasteiger partial charge < -0.3 is 10.5 Å². The molecule has 92 valence electrons. The topological polar surface area (TPSA) is 38.5 Å². The number of rotatable bonds is 6. The molecule has 2 heteroatoms. The smallest absolute Gasteiger partial charge is 0.137 e. The zero-order valence-corrected chi connectivity index (χ0v) is 11.0. The van der Waals surface area contributed by atoms with Crippen LogP contribution >= 0.6 is 0 Å². The van der Waals surface area contributed by atoms with E-state index < -0.39 is 0 Å². The first-order chi connectivity index (χ1) is 7.54. The molecule has 1 saturated heterocycles. The zero-order valence-electron chi connectivity index (χ0n) is 11.0. The lowest BCUT2D eigenvalue weighted by atomic mass is 10.0. The third-order valence-electron chi connectivity index (χ3n) is 2.99. The summed E-state index contributed by atoms with van der Waals surface area (Å²) in [6.07, 6.45) is 8.49. The van der Waals surface area contributed by atoms with Gasteiger partial charge in [0.05, 0.1) is 0 Å². The summed E-state index contributed by atoms with van der Waals surface area (Å²) in [5.41, 5.74) is 8.19. The van der Waals surface area contributed by atoms with E-state index in [0.29, 0.717) is 5.92 Å². The molecular formula is C14H25NO. The average molecular weight is 223 g/mol. The molecule has 3 atom stereocenters. The molecule has 1 aliphatic heterocycles. The van der Waals surface area contributed by atoms with E-state index in [0.717, 1.165) is 0 Å². The van der Waals surface area contributed by atoms with Crippen molar-refractivity contribution in [3.8, 4) is 0 Å². The third-order valence-corrected chi connectivity index (χ3v) is 2.99. The van der Waals surface area contributed by atoms with Crippen LogP contribution in [0.15, 0.2) is 23.3 Å². The third kappa shape index (κ3) is 4.50. The minimum Gasteiger partial charge on any atom is -0.349 e. The van der Waals surface area contributed by atoms with Crippen molar-refractivity contribution < 1.29 is 4.74 Å². The summed E-state index contributed by atoms with van der Waals surface area (Å²) in [7, 11) is 0. The summed E-state index contributed by atoms with van der Waals surface area (Å²) in [4.78, 5) is 0. The van der Waals surface area contributed by atoms with Crippen molar-refractivity contribution in [3.05, 3.63) is 23.3 Å². The van der Waals surface area contributed by atoms with Crippen LogP contribution in [0.25, 0.3) is 0 Å². The molecule has 2 N–H and O–H groups in total. The van der Waals surface area contributed by atoms with Crippen molar-refractivity contribution in [2.75, 3.05) is 0 Å². The predicted molar refractivity (Wildman–Crippen MR) is 69.1 cm³/mol. The predicted octanol–water partition coefficient (Wildman–Crippen LogP) is 3.39. The molecule has 0 saturated carbocycles. The highest BCUT2D eigenvalue weighted by Gasteiger charge is 2.36. The van der Waals surface area contributed by atoms with Crippen LogP contribution in [0.1, 0.15) is 47.0 Å². The Bertz CT molecular complexity index is 280. The van der Waals surface area contributed by atoms with E-state index >= 15 is 0 Å². The summed E-state index contributed by atoms with van der Waals surface area (Å²) in [6.45, 7) is 8.76. The lowest BCUT2D eigenvalue weighted by Gasteiger charge is -2.06. The summed E-state index contributed by atoms with van der Waals surface area (Å²) in [5.74, 6) is 0.665. The van der Waals surface area contributed by atoms with Crippen molar-refractivity contribution in [1.82, 2.24) is 0 Å². The lowest BCUT2D eigenvalue weighted by Crippen LogP contribution is -2.06. The summed E-state index contributed by atoms with van der Waals surface area (Å²) in [5, 5.41) is 0. The van der Waals surface area contributed by atoms with Crippen LogP contribution in [0.3, 0.4) is 0 Å². The molecule has 1 heterocycles. The van der Waals surface area contributed by atoms with E-state index in [2.05, 4.69) is 39.8 Å². The van der Waals surface area contributed by atoms with E-state index in [4.69, 9.17) is 10.5 Å². The molecule has 0 aromatic carbocycles. The molecule has 0 aromatic heterocycles. The Morgan fingerprint density at radius 3 is 2.56 bits per heavy atom. The summed E-state index contributed by atoms with van der Waals surface area (Å²) in [6, 6.07) is 0. The van der Waals surface area contributed by atoms with E-state index in [9.17, 15) is 0 Å². The standard InChI is InChI=1S/C14H25NO/c1-5-6-7-10(2)8-11(3)9-12(4)13-14(15)16-13/h8-10,13-14H,5-7,15H2,1-4H3/b11-8+,12-9+/t10-,13?,14?/m1/s1. The Morgan fingerprint density at radius 2 is 2.06 bits per heavy atom. The Hall–Kier alpha value is -0.600. The SMILES string of the molecule is CCCC[C@@H](C)/C=C(C)/C=C(\C)C1OC1N. The molecule has 0 radical (unpaired) electrons. The first kappa shape index (κ1) is 13.5. The highest BCUT2D eigenvalue weighted by Crippen LogP contribution is 2.25. The number of unbranched alkanes of at least 4 members (excludes halogenated alkanes) is 1. The first-order valence-electron chi connectivity index (χ1n) is 6.32. The highest BCUT2D eigenvalue weighted by atomic mass is 16.6. The van der Waals surface area contributed by atoms with Crippen LogP contribution in [0.5, 0.6) is 0 Å². The van der Waals surface area contributed by atoms with Gasteiger partial charge in [-0.1, -0.05) is 44.4 Å². The van der Waals surface area contributed by atoms with Crippen LogP contribution in [0.4, 0.5) is 0 Å². The van der Waals surface area contributed by atoms with Crippen LogP contribution < -0.4 is 5.73 Å². The number of hydrogen-bond acceptors (Lipinski definition) is 2. The fourth-order valence-electron chi connectivity index (χ4n) is 2.04. The molecule has 1 fully saturated rings. The second-order valence-electron chi connectivity index (χ2n) is 4.94. The number of allylic oxidation sites excluding steroid dienone is 3. The van der Waals surface area contributed by atoms with Gasteiger partial charge in [0, 0.05) is 0 Å². The maximum Gasteiger partial charge on any atom is 0.137 e. The van der Waals surface area contributed by atoms with Gasteiger partial charge in [-0.25, -0.2) is 0 Å². The van der Waals surface area contributed by atoms with Gasteiger partial charge in [0.1, 0.15) is 12.3 Å². The molecular weight excluding hydrogens is 198 g/mol. The molecule has 16 heavy (non-hydrogen) atoms. The zero-order chi connectivity index (χ0) is 12.1. The van der Waals surface area contributed by atoms with Crippen molar-refractivity contribution in [2.45, 2.75) is 59.3 Å². The average Bonchev–Trinajstić information content (AvgIpc) is 2.92. The quantitative estimate of drug-likeness (QED) is 0.553. The monoisotopic (exact) mass is 223 g/mol. The number of ether oxygens (including phenoxy) is 1. The largest absolute Gasteiger partial charge is 0.349 e. The maximum atomic E-state index is 5.63. The molecule has 2 unspecified atom stereocenters. The maximum absolute atomic E-state index is 5.63. The summed E-state index contributed by atoms with van der Waals surface area (Å²) < 4.78 is 5.23. The van der Waals surface area contributed by atoms with Gasteiger partial charge >= 0.3 is 0 Å². The van der Waals surface area contributed by atoms with E-state index in [1.54, 1.807) is 0 Å². The Kier molecular flexibility index (Phi) is 5.23. The number of epoxide rings is 1. The summed E-state index contributed by atoms with van der Waals surface area (Å²) >= 11 is 0. The molecule has 1 rings (SSSR count). The van der Waals surface area contributed by atoms with Gasteiger partial charge in [0.25, 0.3) is 0 Å². The first-order valence-corrected chi connectivity index (χ1v) is 6.32. The van der Waals surface area contributed by atoms with Gasteiger partial charge in [-0.15, -0.1) is 0 Å². The van der Waals surface area contributed by atoms with Gasteiger partial charge in [-0.05, 0) is 31.8 Å². The normalized spacial score (nSPS) is 28.1. The van der Waals surface area contributed by atoms with E-state index in [1.165, 1.54) is 30.4 Å². The van der Waals surface area contributed by atoms with Crippen LogP contribution in [0, 0.1) is 5.92 Å². The highest BCUT2D eigenvalue weighted by molar-refractivity contribution is 5.26. The van der Waals surface area contributed by atoms with Crippen LogP contribution in [0.2, 0.25) is 0 Å². The van der Waals surface area contributed by atoms with Crippen molar-refractivity contribution in [3.63, 3.8) is 0 Å². The van der Waals surface area contributed by atoms with Gasteiger partial charge in [0.15, 0.2) is 0 Å². The molecule has 0 aliphatic carbocycles. The number of hydrogen-bond donors (Lipinski definition) is 1. The number of nitrogens with two attached hydrogens (primary N) is 1. The fourth-order valence-corrected chi connectivity index (χ4v) is 2.04. The molecule has 0 bridgehead atoms. The van der Waals surface area contributed by atoms with Gasteiger partial charge in [0.2, 0.25) is 0 Å². The van der Waals surface area contributed by atoms with Crippen LogP contribution in [-0.4, -0.2) is 12.3 Å². The van der Waals surface area contributed by atoms with Crippen molar-refractivity contribution in [2.24, 2.45) is 11.7 Å². The minimum atomic E-state index is -0.0680. The fraction of sp³-hybridized carbons (Fsp3) is 0.714. The van der Waals surface area contributed by atoms with E-state index in [1.807, 2.05) is 0 Å². The molecule has 0 amide bonds. The van der Waals surface area contributed by atoms with Gasteiger partial charge in [-0.2, -0.15) is 0 Å².